The fourth-order valence-corrected chi connectivity index (χ4v) is 7.86. The summed E-state index contributed by atoms with van der Waals surface area (Å²) in [4.78, 5) is 36.8. The third kappa shape index (κ3) is 4.59. The molecule has 38 heavy (non-hydrogen) atoms. The number of carbonyl (C=O) groups is 2. The van der Waals surface area contributed by atoms with Crippen LogP contribution in [0.15, 0.2) is 41.5 Å². The van der Waals surface area contributed by atoms with E-state index in [1.165, 1.54) is 19.0 Å². The number of nitrogens with one attached hydrogen (secondary N) is 2. The molecule has 0 bridgehead atoms. The number of hydrogen-bond donors (Lipinski definition) is 3. The summed E-state index contributed by atoms with van der Waals surface area (Å²) in [6.45, 7) is 6.40. The third-order valence-corrected chi connectivity index (χ3v) is 10.3. The second-order valence-electron chi connectivity index (χ2n) is 12.2. The fraction of sp³-hybridized carbons (Fsp3) is 0.655. The van der Waals surface area contributed by atoms with E-state index in [1.807, 2.05) is 13.0 Å². The summed E-state index contributed by atoms with van der Waals surface area (Å²) in [5.74, 6) is 0.752. The van der Waals surface area contributed by atoms with Crippen molar-refractivity contribution >= 4 is 17.6 Å². The number of ether oxygens (including phenoxy) is 1. The van der Waals surface area contributed by atoms with Crippen LogP contribution in [0.2, 0.25) is 0 Å². The number of oxime groups is 1. The number of rotatable bonds is 7. The number of aromatic amines is 1. The lowest BCUT2D eigenvalue weighted by Crippen LogP contribution is -2.53. The van der Waals surface area contributed by atoms with Crippen molar-refractivity contribution in [1.82, 2.24) is 15.3 Å². The van der Waals surface area contributed by atoms with Crippen molar-refractivity contribution in [1.29, 1.82) is 0 Å². The van der Waals surface area contributed by atoms with Gasteiger partial charge >= 0.3 is 5.97 Å². The van der Waals surface area contributed by atoms with Crippen LogP contribution in [-0.4, -0.2) is 58.0 Å². The van der Waals surface area contributed by atoms with Gasteiger partial charge in [-0.25, -0.2) is 9.78 Å². The van der Waals surface area contributed by atoms with Crippen molar-refractivity contribution in [2.24, 2.45) is 33.7 Å². The smallest absolute Gasteiger partial charge is 0.328 e. The Balaban J connectivity index is 1.20. The lowest BCUT2D eigenvalue weighted by atomic mass is 9.47. The first kappa shape index (κ1) is 26.7. The van der Waals surface area contributed by atoms with Crippen LogP contribution in [0, 0.1) is 28.6 Å². The Morgan fingerprint density at radius 2 is 2.03 bits per heavy atom. The molecule has 1 aromatic heterocycles. The zero-order valence-electron chi connectivity index (χ0n) is 22.8. The van der Waals surface area contributed by atoms with Gasteiger partial charge in [0.25, 0.3) is 5.91 Å². The number of nitrogens with zero attached hydrogens (tertiary/aromatic N) is 2. The van der Waals surface area contributed by atoms with Crippen LogP contribution in [0.4, 0.5) is 0 Å². The number of H-pyrrole nitrogens is 1. The summed E-state index contributed by atoms with van der Waals surface area (Å²) in [5.41, 5.74) is 2.19. The van der Waals surface area contributed by atoms with Gasteiger partial charge in [0, 0.05) is 23.7 Å². The number of allylic oxidation sites excluding steroid dienone is 4. The molecule has 0 radical (unpaired) electrons. The molecule has 9 heteroatoms. The highest BCUT2D eigenvalue weighted by Crippen LogP contribution is 2.66. The molecule has 1 heterocycles. The van der Waals surface area contributed by atoms with Crippen LogP contribution in [0.3, 0.4) is 0 Å². The predicted octanol–water partition coefficient (Wildman–Crippen LogP) is 3.47. The number of methoxy groups -OCH3 is 1. The number of aliphatic hydroxyl groups is 1. The molecule has 4 aliphatic carbocycles. The number of aromatic nitrogens is 2. The normalized spacial score (nSPS) is 37.4. The van der Waals surface area contributed by atoms with Crippen LogP contribution < -0.4 is 5.32 Å². The van der Waals surface area contributed by atoms with Crippen LogP contribution >= 0.6 is 0 Å². The molecule has 0 saturated heterocycles. The molecule has 7 atom stereocenters. The van der Waals surface area contributed by atoms with E-state index in [1.54, 1.807) is 6.20 Å². The minimum atomic E-state index is -0.849. The van der Waals surface area contributed by atoms with Crippen LogP contribution in [0.25, 0.3) is 0 Å². The van der Waals surface area contributed by atoms with E-state index in [9.17, 15) is 14.7 Å². The van der Waals surface area contributed by atoms with Crippen molar-refractivity contribution in [2.45, 2.75) is 77.4 Å². The van der Waals surface area contributed by atoms with E-state index in [0.717, 1.165) is 38.5 Å². The molecule has 1 aromatic rings. The average Bonchev–Trinajstić information content (AvgIpc) is 3.48. The predicted molar refractivity (Wildman–Crippen MR) is 142 cm³/mol. The Hall–Kier alpha value is -2.94. The fourth-order valence-electron chi connectivity index (χ4n) is 7.86. The van der Waals surface area contributed by atoms with Crippen molar-refractivity contribution in [3.8, 4) is 0 Å². The Kier molecular flexibility index (Phi) is 7.00. The lowest BCUT2D eigenvalue weighted by molar-refractivity contribution is -0.145. The molecular weight excluding hydrogens is 484 g/mol. The van der Waals surface area contributed by atoms with Gasteiger partial charge in [0.1, 0.15) is 11.8 Å². The van der Waals surface area contributed by atoms with E-state index in [0.29, 0.717) is 29.2 Å². The van der Waals surface area contributed by atoms with E-state index in [4.69, 9.17) is 9.57 Å². The Labute approximate surface area is 224 Å². The third-order valence-electron chi connectivity index (χ3n) is 10.3. The Morgan fingerprint density at radius 3 is 2.76 bits per heavy atom. The van der Waals surface area contributed by atoms with Gasteiger partial charge in [-0.2, -0.15) is 0 Å². The highest BCUT2D eigenvalue weighted by molar-refractivity contribution is 6.05. The summed E-state index contributed by atoms with van der Waals surface area (Å²) in [5, 5.41) is 18.0. The maximum atomic E-state index is 12.5. The first-order valence-electron chi connectivity index (χ1n) is 13.7. The first-order valence-corrected chi connectivity index (χ1v) is 13.7. The van der Waals surface area contributed by atoms with Crippen molar-refractivity contribution in [3.63, 3.8) is 0 Å². The largest absolute Gasteiger partial charge is 0.467 e. The quantitative estimate of drug-likeness (QED) is 0.370. The second kappa shape index (κ2) is 9.98. The number of imidazole rings is 1. The molecule has 0 spiro atoms. The molecule has 0 aromatic carbocycles. The van der Waals surface area contributed by atoms with Gasteiger partial charge in [0.15, 0.2) is 6.61 Å². The van der Waals surface area contributed by atoms with Gasteiger partial charge in [-0.05, 0) is 80.8 Å². The summed E-state index contributed by atoms with van der Waals surface area (Å²) < 4.78 is 4.81. The number of hydrogen-bond acceptors (Lipinski definition) is 7. The van der Waals surface area contributed by atoms with Crippen LogP contribution in [0.5, 0.6) is 0 Å². The van der Waals surface area contributed by atoms with Gasteiger partial charge in [0.2, 0.25) is 0 Å². The molecule has 3 saturated carbocycles. The molecule has 0 unspecified atom stereocenters. The van der Waals surface area contributed by atoms with Gasteiger partial charge in [0.05, 0.1) is 19.0 Å². The van der Waals surface area contributed by atoms with E-state index in [2.05, 4.69) is 46.4 Å². The number of amides is 1. The van der Waals surface area contributed by atoms with Gasteiger partial charge in [-0.15, -0.1) is 0 Å². The second-order valence-corrected chi connectivity index (χ2v) is 12.2. The summed E-state index contributed by atoms with van der Waals surface area (Å²) in [6.07, 6.45) is 16.1. The van der Waals surface area contributed by atoms with Crippen LogP contribution in [-0.2, 0) is 25.6 Å². The first-order chi connectivity index (χ1) is 18.1. The summed E-state index contributed by atoms with van der Waals surface area (Å²) >= 11 is 0. The number of fused-ring (bicyclic) bond motifs is 5. The molecule has 3 fully saturated rings. The molecule has 9 nitrogen and oxygen atoms in total. The maximum Gasteiger partial charge on any atom is 0.328 e. The van der Waals surface area contributed by atoms with E-state index >= 15 is 0 Å². The van der Waals surface area contributed by atoms with Gasteiger partial charge in [-0.3, -0.25) is 4.79 Å². The topological polar surface area (TPSA) is 126 Å². The molecule has 4 aliphatic rings. The monoisotopic (exact) mass is 524 g/mol. The van der Waals surface area contributed by atoms with Gasteiger partial charge in [-0.1, -0.05) is 30.7 Å². The number of carbonyl (C=O) groups excluding carboxylic acids is 2. The highest BCUT2D eigenvalue weighted by Gasteiger charge is 2.61. The minimum Gasteiger partial charge on any atom is -0.467 e. The van der Waals surface area contributed by atoms with E-state index < -0.39 is 23.5 Å². The van der Waals surface area contributed by atoms with Gasteiger partial charge < -0.3 is 25.0 Å². The molecule has 206 valence electrons. The standard InChI is InChI=1S/C29H40N4O5/c1-27-10-7-19(33-38-16-25(34)32-24(26(35)37-4)14-20-15-30-17-31-20)13-18(27)5-6-21-22(27)8-11-28(2)23(21)9-12-29(28,3)36/h7,10,13,15,17,21-24,36H,5-6,8-9,11-12,14,16H2,1-4H3,(H,30,31)(H,32,34)/b33-19+/t21-,22+,23+,24+,27+,28+,29+/m1/s1. The molecule has 0 aliphatic heterocycles. The van der Waals surface area contributed by atoms with E-state index in [-0.39, 0.29) is 23.9 Å². The number of esters is 1. The lowest BCUT2D eigenvalue weighted by Gasteiger charge is -2.58. The zero-order chi connectivity index (χ0) is 27.1. The van der Waals surface area contributed by atoms with Crippen molar-refractivity contribution in [2.75, 3.05) is 13.7 Å². The van der Waals surface area contributed by atoms with Crippen LogP contribution in [0.1, 0.15) is 65.0 Å². The summed E-state index contributed by atoms with van der Waals surface area (Å²) in [7, 11) is 1.28. The molecule has 5 rings (SSSR count). The zero-order valence-corrected chi connectivity index (χ0v) is 22.8. The van der Waals surface area contributed by atoms with Crippen molar-refractivity contribution < 1.29 is 24.3 Å². The molecular formula is C29H40N4O5. The highest BCUT2D eigenvalue weighted by atomic mass is 16.6. The average molecular weight is 525 g/mol. The Morgan fingerprint density at radius 1 is 1.24 bits per heavy atom. The molecule has 1 amide bonds. The minimum absolute atomic E-state index is 0.0103. The summed E-state index contributed by atoms with van der Waals surface area (Å²) in [6, 6.07) is -0.849. The maximum absolute atomic E-state index is 12.5. The van der Waals surface area contributed by atoms with Crippen molar-refractivity contribution in [3.05, 3.63) is 42.0 Å². The Bertz CT molecular complexity index is 1160. The molecule has 3 N–H and O–H groups in total. The SMILES string of the molecule is COC(=O)[C@H](Cc1cnc[nH]1)NC(=O)CO/N=C1\C=C[C@@]2(C)C(=C1)CC[C@@H]1[C@@H]2CC[C@@]2(C)[C@H]1CC[C@]2(C)O.